The average Bonchev–Trinajstić information content (AvgIpc) is 3.01. The zero-order valence-electron chi connectivity index (χ0n) is 11.4. The first-order valence-electron chi connectivity index (χ1n) is 7.06. The van der Waals surface area contributed by atoms with Gasteiger partial charge in [-0.05, 0) is 18.9 Å². The van der Waals surface area contributed by atoms with E-state index >= 15 is 0 Å². The van der Waals surface area contributed by atoms with Gasteiger partial charge in [-0.2, -0.15) is 0 Å². The van der Waals surface area contributed by atoms with Crippen LogP contribution in [0.3, 0.4) is 0 Å². The highest BCUT2D eigenvalue weighted by Gasteiger charge is 2.20. The molecule has 0 saturated heterocycles. The van der Waals surface area contributed by atoms with Gasteiger partial charge >= 0.3 is 0 Å². The van der Waals surface area contributed by atoms with Gasteiger partial charge in [-0.3, -0.25) is 0 Å². The van der Waals surface area contributed by atoms with Crippen LogP contribution >= 0.6 is 11.6 Å². The molecular weight excluding hydrogens is 294 g/mol. The molecule has 0 atom stereocenters. The molecule has 3 rings (SSSR count). The zero-order chi connectivity index (χ0) is 14.8. The van der Waals surface area contributed by atoms with Crippen LogP contribution in [0.25, 0.3) is 11.4 Å². The average molecular weight is 309 g/mol. The number of aromatic nitrogens is 2. The lowest BCUT2D eigenvalue weighted by molar-refractivity contribution is 0.151. The Morgan fingerprint density at radius 3 is 2.33 bits per heavy atom. The van der Waals surface area contributed by atoms with Crippen molar-refractivity contribution in [2.45, 2.75) is 38.0 Å². The molecule has 1 fully saturated rings. The molecule has 21 heavy (non-hydrogen) atoms. The fourth-order valence-corrected chi connectivity index (χ4v) is 2.96. The molecule has 110 valence electrons. The summed E-state index contributed by atoms with van der Waals surface area (Å²) in [5.74, 6) is 0.940. The highest BCUT2D eigenvalue weighted by Crippen LogP contribution is 2.34. The summed E-state index contributed by atoms with van der Waals surface area (Å²) in [6.07, 6.45) is 2.21. The van der Waals surface area contributed by atoms with Crippen LogP contribution in [0, 0.1) is 0 Å². The van der Waals surface area contributed by atoms with Gasteiger partial charge in [0.2, 0.25) is 0 Å². The number of nitrogens with zero attached hydrogens (tertiary/aromatic N) is 2. The lowest BCUT2D eigenvalue weighted by atomic mass is 10.0. The first kappa shape index (κ1) is 14.4. The molecule has 0 spiro atoms. The van der Waals surface area contributed by atoms with Crippen molar-refractivity contribution in [3.8, 4) is 11.4 Å². The number of benzene rings is 1. The molecule has 0 bridgehead atoms. The molecule has 1 aromatic carbocycles. The maximum Gasteiger partial charge on any atom is 0.263 e. The highest BCUT2D eigenvalue weighted by atomic mass is 35.5. The monoisotopic (exact) mass is 308 g/mol. The van der Waals surface area contributed by atoms with Crippen LogP contribution in [0.4, 0.5) is 8.78 Å². The second kappa shape index (κ2) is 6.06. The quantitative estimate of drug-likeness (QED) is 0.710. The van der Waals surface area contributed by atoms with E-state index in [2.05, 4.69) is 9.97 Å². The van der Waals surface area contributed by atoms with E-state index in [1.54, 1.807) is 12.1 Å². The fraction of sp³-hybridized carbons (Fsp3) is 0.375. The molecule has 1 heterocycles. The summed E-state index contributed by atoms with van der Waals surface area (Å²) >= 11 is 6.09. The van der Waals surface area contributed by atoms with Gasteiger partial charge in [0.1, 0.15) is 5.15 Å². The van der Waals surface area contributed by atoms with Crippen LogP contribution in [0.2, 0.25) is 5.15 Å². The smallest absolute Gasteiger partial charge is 0.233 e. The zero-order valence-corrected chi connectivity index (χ0v) is 12.2. The largest absolute Gasteiger partial charge is 0.263 e. The second-order valence-corrected chi connectivity index (χ2v) is 5.73. The molecule has 0 amide bonds. The van der Waals surface area contributed by atoms with Gasteiger partial charge in [0.05, 0.1) is 0 Å². The molecular formula is C16H15ClF2N2. The standard InChI is InChI=1S/C16H15ClF2N2/c17-14-9-13(10-3-1-2-4-10)20-16(21-14)12-7-5-11(6-8-12)15(18)19/h5-10,15H,1-4H2. The van der Waals surface area contributed by atoms with Gasteiger partial charge in [-0.25, -0.2) is 18.7 Å². The van der Waals surface area contributed by atoms with Gasteiger partial charge in [0.15, 0.2) is 5.82 Å². The third kappa shape index (κ3) is 3.21. The van der Waals surface area contributed by atoms with Crippen LogP contribution < -0.4 is 0 Å². The Hall–Kier alpha value is -1.55. The number of hydrogen-bond donors (Lipinski definition) is 0. The van der Waals surface area contributed by atoms with Crippen molar-refractivity contribution in [1.82, 2.24) is 9.97 Å². The Kier molecular flexibility index (Phi) is 4.15. The SMILES string of the molecule is FC(F)c1ccc(-c2nc(Cl)cc(C3CCCC3)n2)cc1. The molecule has 1 aromatic heterocycles. The number of halogens is 3. The lowest BCUT2D eigenvalue weighted by Crippen LogP contribution is -2.00. The first-order chi connectivity index (χ1) is 10.1. The van der Waals surface area contributed by atoms with Crippen LogP contribution in [-0.2, 0) is 0 Å². The predicted molar refractivity (Wildman–Crippen MR) is 78.6 cm³/mol. The maximum absolute atomic E-state index is 12.6. The summed E-state index contributed by atoms with van der Waals surface area (Å²) in [6, 6.07) is 7.85. The van der Waals surface area contributed by atoms with E-state index in [9.17, 15) is 8.78 Å². The minimum atomic E-state index is -2.46. The Balaban J connectivity index is 1.93. The molecule has 1 aliphatic rings. The van der Waals surface area contributed by atoms with E-state index < -0.39 is 6.43 Å². The van der Waals surface area contributed by atoms with Crippen molar-refractivity contribution < 1.29 is 8.78 Å². The van der Waals surface area contributed by atoms with Gasteiger partial charge < -0.3 is 0 Å². The van der Waals surface area contributed by atoms with Crippen LogP contribution in [-0.4, -0.2) is 9.97 Å². The minimum Gasteiger partial charge on any atom is -0.233 e. The van der Waals surface area contributed by atoms with Crippen molar-refractivity contribution in [3.63, 3.8) is 0 Å². The van der Waals surface area contributed by atoms with E-state index in [0.29, 0.717) is 22.5 Å². The summed E-state index contributed by atoms with van der Waals surface area (Å²) in [4.78, 5) is 8.79. The fourth-order valence-electron chi connectivity index (χ4n) is 2.77. The molecule has 0 unspecified atom stereocenters. The Morgan fingerprint density at radius 2 is 1.71 bits per heavy atom. The number of rotatable bonds is 3. The second-order valence-electron chi connectivity index (χ2n) is 5.34. The van der Waals surface area contributed by atoms with Crippen molar-refractivity contribution >= 4 is 11.6 Å². The Morgan fingerprint density at radius 1 is 1.05 bits per heavy atom. The summed E-state index contributed by atoms with van der Waals surface area (Å²) in [6.45, 7) is 0. The van der Waals surface area contributed by atoms with E-state index in [-0.39, 0.29) is 5.56 Å². The lowest BCUT2D eigenvalue weighted by Gasteiger charge is -2.11. The van der Waals surface area contributed by atoms with Crippen molar-refractivity contribution in [2.75, 3.05) is 0 Å². The Bertz CT molecular complexity index is 623. The highest BCUT2D eigenvalue weighted by molar-refractivity contribution is 6.29. The molecule has 2 aromatic rings. The topological polar surface area (TPSA) is 25.8 Å². The first-order valence-corrected chi connectivity index (χ1v) is 7.44. The van der Waals surface area contributed by atoms with Crippen molar-refractivity contribution in [3.05, 3.63) is 46.7 Å². The summed E-state index contributed by atoms with van der Waals surface area (Å²) in [5, 5.41) is 0.403. The minimum absolute atomic E-state index is 0.00297. The number of alkyl halides is 2. The molecule has 1 saturated carbocycles. The summed E-state index contributed by atoms with van der Waals surface area (Å²) in [7, 11) is 0. The van der Waals surface area contributed by atoms with Crippen LogP contribution in [0.5, 0.6) is 0 Å². The molecule has 0 N–H and O–H groups in total. The number of hydrogen-bond acceptors (Lipinski definition) is 2. The van der Waals surface area contributed by atoms with E-state index in [0.717, 1.165) is 18.5 Å². The van der Waals surface area contributed by atoms with Crippen molar-refractivity contribution in [1.29, 1.82) is 0 Å². The van der Waals surface area contributed by atoms with Gasteiger partial charge in [0.25, 0.3) is 6.43 Å². The third-order valence-corrected chi connectivity index (χ3v) is 4.10. The molecule has 2 nitrogen and oxygen atoms in total. The maximum atomic E-state index is 12.6. The molecule has 5 heteroatoms. The molecule has 0 radical (unpaired) electrons. The Labute approximate surface area is 127 Å². The normalized spacial score (nSPS) is 15.8. The third-order valence-electron chi connectivity index (χ3n) is 3.91. The van der Waals surface area contributed by atoms with Gasteiger partial charge in [0, 0.05) is 22.7 Å². The molecule has 1 aliphatic carbocycles. The summed E-state index contributed by atoms with van der Waals surface area (Å²) < 4.78 is 25.2. The van der Waals surface area contributed by atoms with Crippen LogP contribution in [0.15, 0.2) is 30.3 Å². The van der Waals surface area contributed by atoms with E-state index in [1.165, 1.54) is 25.0 Å². The summed E-state index contributed by atoms with van der Waals surface area (Å²) in [5.41, 5.74) is 1.67. The van der Waals surface area contributed by atoms with Gasteiger partial charge in [-0.15, -0.1) is 0 Å². The van der Waals surface area contributed by atoms with Crippen molar-refractivity contribution in [2.24, 2.45) is 0 Å². The van der Waals surface area contributed by atoms with Gasteiger partial charge in [-0.1, -0.05) is 48.7 Å². The van der Waals surface area contributed by atoms with Crippen LogP contribution in [0.1, 0.15) is 49.3 Å². The van der Waals surface area contributed by atoms with E-state index in [1.807, 2.05) is 6.07 Å². The predicted octanol–water partition coefficient (Wildman–Crippen LogP) is 5.39. The molecule has 0 aliphatic heterocycles. The van der Waals surface area contributed by atoms with E-state index in [4.69, 9.17) is 11.6 Å².